The Morgan fingerprint density at radius 2 is 2.28 bits per heavy atom. The van der Waals surface area contributed by atoms with E-state index in [-0.39, 0.29) is 11.7 Å². The lowest BCUT2D eigenvalue weighted by Crippen LogP contribution is -2.35. The van der Waals surface area contributed by atoms with Crippen LogP contribution in [0.3, 0.4) is 0 Å². The van der Waals surface area contributed by atoms with Crippen molar-refractivity contribution < 1.29 is 9.90 Å². The summed E-state index contributed by atoms with van der Waals surface area (Å²) in [6.45, 7) is 2.11. The summed E-state index contributed by atoms with van der Waals surface area (Å²) < 4.78 is 0. The zero-order valence-electron chi connectivity index (χ0n) is 10.9. The molecule has 0 heterocycles. The number of amides is 1. The number of phenols is 1. The predicted octanol–water partition coefficient (Wildman–Crippen LogP) is 2.63. The van der Waals surface area contributed by atoms with Crippen LogP contribution in [0, 0.1) is 5.92 Å². The van der Waals surface area contributed by atoms with E-state index in [2.05, 4.69) is 12.2 Å². The van der Waals surface area contributed by atoms with Gasteiger partial charge >= 0.3 is 0 Å². The van der Waals surface area contributed by atoms with Crippen LogP contribution in [0.4, 0.5) is 0 Å². The Morgan fingerprint density at radius 3 is 2.89 bits per heavy atom. The van der Waals surface area contributed by atoms with Crippen molar-refractivity contribution in [3.8, 4) is 5.75 Å². The van der Waals surface area contributed by atoms with Gasteiger partial charge in [0.25, 0.3) is 0 Å². The molecule has 0 radical (unpaired) electrons. The third kappa shape index (κ3) is 4.06. The van der Waals surface area contributed by atoms with E-state index in [1.165, 1.54) is 12.8 Å². The van der Waals surface area contributed by atoms with Crippen LogP contribution in [-0.2, 0) is 11.2 Å². The normalized spacial score (nSPS) is 16.3. The van der Waals surface area contributed by atoms with Gasteiger partial charge in [0.1, 0.15) is 5.75 Å². The van der Waals surface area contributed by atoms with Crippen LogP contribution in [0.25, 0.3) is 0 Å². The van der Waals surface area contributed by atoms with Gasteiger partial charge in [0.15, 0.2) is 0 Å². The Morgan fingerprint density at radius 1 is 1.50 bits per heavy atom. The fourth-order valence-corrected chi connectivity index (χ4v) is 2.21. The Bertz CT molecular complexity index is 413. The van der Waals surface area contributed by atoms with Crippen LogP contribution >= 0.6 is 0 Å². The number of hydrogen-bond acceptors (Lipinski definition) is 2. The molecule has 1 saturated carbocycles. The summed E-state index contributed by atoms with van der Waals surface area (Å²) >= 11 is 0. The molecule has 0 saturated heterocycles. The van der Waals surface area contributed by atoms with Crippen molar-refractivity contribution in [3.05, 3.63) is 29.8 Å². The highest BCUT2D eigenvalue weighted by atomic mass is 16.3. The van der Waals surface area contributed by atoms with E-state index in [4.69, 9.17) is 0 Å². The molecule has 3 nitrogen and oxygen atoms in total. The third-order valence-corrected chi connectivity index (χ3v) is 3.45. The smallest absolute Gasteiger partial charge is 0.224 e. The van der Waals surface area contributed by atoms with Crippen LogP contribution in [0.15, 0.2) is 24.3 Å². The molecule has 0 aliphatic heterocycles. The van der Waals surface area contributed by atoms with E-state index < -0.39 is 0 Å². The summed E-state index contributed by atoms with van der Waals surface area (Å²) in [6, 6.07) is 7.19. The lowest BCUT2D eigenvalue weighted by atomic mass is 10.1. The molecule has 2 N–H and O–H groups in total. The predicted molar refractivity (Wildman–Crippen MR) is 71.4 cm³/mol. The highest BCUT2D eigenvalue weighted by Crippen LogP contribution is 2.34. The van der Waals surface area contributed by atoms with Crippen molar-refractivity contribution in [1.29, 1.82) is 0 Å². The number of carbonyl (C=O) groups is 1. The van der Waals surface area contributed by atoms with Gasteiger partial charge in [-0.15, -0.1) is 0 Å². The molecule has 18 heavy (non-hydrogen) atoms. The van der Waals surface area contributed by atoms with E-state index in [1.807, 2.05) is 6.07 Å². The maximum atomic E-state index is 11.9. The minimum absolute atomic E-state index is 0.0492. The number of aromatic hydroxyl groups is 1. The van der Waals surface area contributed by atoms with Gasteiger partial charge in [-0.25, -0.2) is 0 Å². The highest BCUT2D eigenvalue weighted by molar-refractivity contribution is 5.78. The van der Waals surface area contributed by atoms with Gasteiger partial charge < -0.3 is 10.4 Å². The lowest BCUT2D eigenvalue weighted by Gasteiger charge is -2.16. The summed E-state index contributed by atoms with van der Waals surface area (Å²) in [5, 5.41) is 12.4. The molecule has 1 atom stereocenters. The van der Waals surface area contributed by atoms with Crippen molar-refractivity contribution >= 4 is 5.91 Å². The topological polar surface area (TPSA) is 49.3 Å². The number of nitrogens with one attached hydrogen (secondary N) is 1. The van der Waals surface area contributed by atoms with E-state index in [9.17, 15) is 9.90 Å². The first-order valence-corrected chi connectivity index (χ1v) is 6.74. The zero-order chi connectivity index (χ0) is 13.0. The SMILES string of the molecule is CCC(CC1CC1)NC(=O)Cc1cccc(O)c1. The minimum atomic E-state index is 0.0492. The standard InChI is InChI=1S/C15H21NO2/c1-2-13(8-11-6-7-11)16-15(18)10-12-4-3-5-14(17)9-12/h3-5,9,11,13,17H,2,6-8,10H2,1H3,(H,16,18). The van der Waals surface area contributed by atoms with Crippen LogP contribution in [0.1, 0.15) is 38.2 Å². The highest BCUT2D eigenvalue weighted by Gasteiger charge is 2.25. The summed E-state index contributed by atoms with van der Waals surface area (Å²) in [5.41, 5.74) is 0.855. The van der Waals surface area contributed by atoms with Crippen LogP contribution in [0.5, 0.6) is 5.75 Å². The zero-order valence-corrected chi connectivity index (χ0v) is 10.9. The van der Waals surface area contributed by atoms with Gasteiger partial charge in [0, 0.05) is 6.04 Å². The van der Waals surface area contributed by atoms with Gasteiger partial charge in [-0.2, -0.15) is 0 Å². The van der Waals surface area contributed by atoms with Crippen molar-refractivity contribution in [1.82, 2.24) is 5.32 Å². The first kappa shape index (κ1) is 12.9. The van der Waals surface area contributed by atoms with Gasteiger partial charge in [0.05, 0.1) is 6.42 Å². The molecule has 2 rings (SSSR count). The Hall–Kier alpha value is -1.51. The van der Waals surface area contributed by atoms with Crippen LogP contribution in [-0.4, -0.2) is 17.1 Å². The molecule has 0 spiro atoms. The van der Waals surface area contributed by atoms with Crippen molar-refractivity contribution in [2.45, 2.75) is 45.1 Å². The van der Waals surface area contributed by atoms with Crippen molar-refractivity contribution in [2.75, 3.05) is 0 Å². The molecular weight excluding hydrogens is 226 g/mol. The molecule has 1 fully saturated rings. The van der Waals surface area contributed by atoms with E-state index in [0.29, 0.717) is 12.5 Å². The van der Waals surface area contributed by atoms with Crippen molar-refractivity contribution in [2.24, 2.45) is 5.92 Å². The second kappa shape index (κ2) is 5.89. The van der Waals surface area contributed by atoms with Gasteiger partial charge in [-0.3, -0.25) is 4.79 Å². The molecule has 1 aromatic carbocycles. The van der Waals surface area contributed by atoms with Gasteiger partial charge in [-0.05, 0) is 36.5 Å². The summed E-state index contributed by atoms with van der Waals surface area (Å²) in [5.74, 6) is 1.09. The number of carbonyl (C=O) groups excluding carboxylic acids is 1. The van der Waals surface area contributed by atoms with Crippen LogP contribution in [0.2, 0.25) is 0 Å². The molecule has 1 aliphatic rings. The lowest BCUT2D eigenvalue weighted by molar-refractivity contribution is -0.121. The summed E-state index contributed by atoms with van der Waals surface area (Å²) in [6.07, 6.45) is 5.08. The van der Waals surface area contributed by atoms with Gasteiger partial charge in [0.2, 0.25) is 5.91 Å². The maximum absolute atomic E-state index is 11.9. The molecular formula is C15H21NO2. The van der Waals surface area contributed by atoms with Crippen molar-refractivity contribution in [3.63, 3.8) is 0 Å². The first-order chi connectivity index (χ1) is 8.67. The minimum Gasteiger partial charge on any atom is -0.508 e. The first-order valence-electron chi connectivity index (χ1n) is 6.74. The Balaban J connectivity index is 1.83. The third-order valence-electron chi connectivity index (χ3n) is 3.45. The maximum Gasteiger partial charge on any atom is 0.224 e. The van der Waals surface area contributed by atoms with Gasteiger partial charge in [-0.1, -0.05) is 31.9 Å². The monoisotopic (exact) mass is 247 g/mol. The number of benzene rings is 1. The van der Waals surface area contributed by atoms with Crippen LogP contribution < -0.4 is 5.32 Å². The summed E-state index contributed by atoms with van der Waals surface area (Å²) in [7, 11) is 0. The number of phenolic OH excluding ortho intramolecular Hbond substituents is 1. The molecule has 0 aromatic heterocycles. The molecule has 1 unspecified atom stereocenters. The molecule has 3 heteroatoms. The Labute approximate surface area is 108 Å². The molecule has 1 aromatic rings. The Kier molecular flexibility index (Phi) is 4.24. The largest absolute Gasteiger partial charge is 0.508 e. The van der Waals surface area contributed by atoms with E-state index >= 15 is 0 Å². The molecule has 1 aliphatic carbocycles. The molecule has 1 amide bonds. The van der Waals surface area contributed by atoms with E-state index in [0.717, 1.165) is 24.3 Å². The average Bonchev–Trinajstić information content (AvgIpc) is 3.12. The fourth-order valence-electron chi connectivity index (χ4n) is 2.21. The number of hydrogen-bond donors (Lipinski definition) is 2. The second-order valence-corrected chi connectivity index (χ2v) is 5.20. The average molecular weight is 247 g/mol. The summed E-state index contributed by atoms with van der Waals surface area (Å²) in [4.78, 5) is 11.9. The quantitative estimate of drug-likeness (QED) is 0.812. The molecule has 0 bridgehead atoms. The molecule has 98 valence electrons. The number of rotatable bonds is 6. The van der Waals surface area contributed by atoms with E-state index in [1.54, 1.807) is 18.2 Å². The second-order valence-electron chi connectivity index (χ2n) is 5.20. The fraction of sp³-hybridized carbons (Fsp3) is 0.533.